The number of benzene rings is 1. The average Bonchev–Trinajstić information content (AvgIpc) is 3.28. The molecule has 1 unspecified atom stereocenters. The average molecular weight is 454 g/mol. The van der Waals surface area contributed by atoms with E-state index in [4.69, 9.17) is 4.74 Å². The summed E-state index contributed by atoms with van der Waals surface area (Å²) in [7, 11) is 0. The number of rotatable bonds is 7. The molecule has 31 heavy (non-hydrogen) atoms. The van der Waals surface area contributed by atoms with Crippen molar-refractivity contribution >= 4 is 40.7 Å². The second-order valence-electron chi connectivity index (χ2n) is 6.83. The minimum atomic E-state index is -0.514. The third-order valence-corrected chi connectivity index (χ3v) is 6.68. The Morgan fingerprint density at radius 1 is 1.26 bits per heavy atom. The Labute approximate surface area is 190 Å². The summed E-state index contributed by atoms with van der Waals surface area (Å²) in [5.74, 6) is -1.05. The summed E-state index contributed by atoms with van der Waals surface area (Å²) in [5, 5.41) is 18.6. The second-order valence-corrected chi connectivity index (χ2v) is 8.79. The Balaban J connectivity index is 1.97. The number of thioether (sulfide) groups is 1. The molecule has 0 saturated heterocycles. The van der Waals surface area contributed by atoms with Crippen LogP contribution in [0.5, 0.6) is 0 Å². The molecule has 3 rings (SSSR count). The van der Waals surface area contributed by atoms with Crippen molar-refractivity contribution in [2.24, 2.45) is 0 Å². The molecule has 2 N–H and O–H groups in total. The molecule has 0 spiro atoms. The van der Waals surface area contributed by atoms with E-state index in [1.807, 2.05) is 55.6 Å². The molecule has 1 aliphatic heterocycles. The topological polar surface area (TPSA) is 91.2 Å². The standard InChI is InChI=1S/C23H23N3O3S2/c1-4-29-19(27)13-31-23-16(12-24)21(18-10-7-11-30-18)20(15(3)25-23)22(28)26-17-9-6-5-8-14(17)2/h5-11,21,25H,4,13H2,1-3H3,(H,26,28). The number of thiophene rings is 1. The van der Waals surface area contributed by atoms with Crippen molar-refractivity contribution in [3.63, 3.8) is 0 Å². The van der Waals surface area contributed by atoms with E-state index in [1.165, 1.54) is 23.1 Å². The van der Waals surface area contributed by atoms with Gasteiger partial charge >= 0.3 is 5.97 Å². The number of hydrogen-bond donors (Lipinski definition) is 2. The highest BCUT2D eigenvalue weighted by molar-refractivity contribution is 8.03. The minimum absolute atomic E-state index is 0.0799. The van der Waals surface area contributed by atoms with E-state index in [0.29, 0.717) is 28.5 Å². The normalized spacial score (nSPS) is 15.9. The van der Waals surface area contributed by atoms with Crippen LogP contribution in [0.1, 0.15) is 30.2 Å². The van der Waals surface area contributed by atoms with Gasteiger partial charge in [0, 0.05) is 21.8 Å². The van der Waals surface area contributed by atoms with Crippen molar-refractivity contribution in [1.82, 2.24) is 5.32 Å². The molecule has 1 aromatic heterocycles. The molecular formula is C23H23N3O3S2. The Morgan fingerprint density at radius 2 is 2.03 bits per heavy atom. The summed E-state index contributed by atoms with van der Waals surface area (Å²) < 4.78 is 5.00. The number of para-hydroxylation sites is 1. The number of aryl methyl sites for hydroxylation is 1. The third kappa shape index (κ3) is 5.19. The second kappa shape index (κ2) is 10.3. The number of nitrogens with zero attached hydrogens (tertiary/aromatic N) is 1. The lowest BCUT2D eigenvalue weighted by Gasteiger charge is -2.29. The van der Waals surface area contributed by atoms with E-state index < -0.39 is 5.92 Å². The Hall–Kier alpha value is -3.02. The van der Waals surface area contributed by atoms with Crippen LogP contribution in [0.2, 0.25) is 0 Å². The van der Waals surface area contributed by atoms with Gasteiger partial charge in [0.25, 0.3) is 5.91 Å². The molecule has 2 aromatic rings. The predicted octanol–water partition coefficient (Wildman–Crippen LogP) is 4.69. The number of ether oxygens (including phenoxy) is 1. The van der Waals surface area contributed by atoms with Crippen molar-refractivity contribution in [3.05, 3.63) is 74.1 Å². The van der Waals surface area contributed by atoms with Crippen molar-refractivity contribution in [3.8, 4) is 6.07 Å². The number of amides is 1. The zero-order valence-corrected chi connectivity index (χ0v) is 19.2. The van der Waals surface area contributed by atoms with Crippen LogP contribution >= 0.6 is 23.1 Å². The molecular weight excluding hydrogens is 430 g/mol. The molecule has 8 heteroatoms. The number of hydrogen-bond acceptors (Lipinski definition) is 7. The van der Waals surface area contributed by atoms with Crippen LogP contribution in [-0.4, -0.2) is 24.2 Å². The number of allylic oxidation sites excluding steroid dienone is 2. The quantitative estimate of drug-likeness (QED) is 0.591. The molecule has 1 amide bonds. The molecule has 0 aliphatic carbocycles. The molecule has 0 saturated carbocycles. The summed E-state index contributed by atoms with van der Waals surface area (Å²) >= 11 is 2.70. The fraction of sp³-hybridized carbons (Fsp3) is 0.261. The maximum atomic E-state index is 13.3. The Kier molecular flexibility index (Phi) is 7.55. The maximum Gasteiger partial charge on any atom is 0.316 e. The summed E-state index contributed by atoms with van der Waals surface area (Å²) in [5.41, 5.74) is 3.23. The first-order chi connectivity index (χ1) is 15.0. The summed E-state index contributed by atoms with van der Waals surface area (Å²) in [6.07, 6.45) is 0. The number of dihydropyridines is 1. The summed E-state index contributed by atoms with van der Waals surface area (Å²) in [6.45, 7) is 5.79. The summed E-state index contributed by atoms with van der Waals surface area (Å²) in [6, 6.07) is 13.6. The van der Waals surface area contributed by atoms with Gasteiger partial charge in [-0.15, -0.1) is 11.3 Å². The fourth-order valence-electron chi connectivity index (χ4n) is 3.30. The van der Waals surface area contributed by atoms with Gasteiger partial charge in [-0.25, -0.2) is 0 Å². The predicted molar refractivity (Wildman–Crippen MR) is 124 cm³/mol. The highest BCUT2D eigenvalue weighted by Gasteiger charge is 2.35. The van der Waals surface area contributed by atoms with E-state index in [2.05, 4.69) is 16.7 Å². The zero-order valence-electron chi connectivity index (χ0n) is 17.5. The molecule has 0 radical (unpaired) electrons. The maximum absolute atomic E-state index is 13.3. The van der Waals surface area contributed by atoms with Gasteiger partial charge in [-0.1, -0.05) is 36.0 Å². The molecule has 1 atom stereocenters. The van der Waals surface area contributed by atoms with Crippen LogP contribution in [-0.2, 0) is 14.3 Å². The van der Waals surface area contributed by atoms with Crippen molar-refractivity contribution in [1.29, 1.82) is 5.26 Å². The number of nitrogens with one attached hydrogen (secondary N) is 2. The molecule has 1 aromatic carbocycles. The van der Waals surface area contributed by atoms with E-state index in [0.717, 1.165) is 16.1 Å². The molecule has 2 heterocycles. The first-order valence-electron chi connectivity index (χ1n) is 9.77. The van der Waals surface area contributed by atoms with E-state index in [1.54, 1.807) is 6.92 Å². The highest BCUT2D eigenvalue weighted by Crippen LogP contribution is 2.42. The molecule has 0 bridgehead atoms. The van der Waals surface area contributed by atoms with Crippen molar-refractivity contribution in [2.75, 3.05) is 17.7 Å². The molecule has 6 nitrogen and oxygen atoms in total. The van der Waals surface area contributed by atoms with Crippen LogP contribution in [0.4, 0.5) is 5.69 Å². The van der Waals surface area contributed by atoms with Crippen molar-refractivity contribution < 1.29 is 14.3 Å². The smallest absolute Gasteiger partial charge is 0.316 e. The molecule has 1 aliphatic rings. The van der Waals surface area contributed by atoms with Gasteiger partial charge in [0.05, 0.1) is 34.9 Å². The Morgan fingerprint density at radius 3 is 2.68 bits per heavy atom. The lowest BCUT2D eigenvalue weighted by Crippen LogP contribution is -2.30. The molecule has 160 valence electrons. The van der Waals surface area contributed by atoms with Gasteiger partial charge in [0.15, 0.2) is 0 Å². The molecule has 0 fully saturated rings. The van der Waals surface area contributed by atoms with Crippen LogP contribution in [0.15, 0.2) is 63.7 Å². The third-order valence-electron chi connectivity index (χ3n) is 4.75. The number of nitriles is 1. The first-order valence-corrected chi connectivity index (χ1v) is 11.6. The van der Waals surface area contributed by atoms with Crippen LogP contribution in [0, 0.1) is 18.3 Å². The van der Waals surface area contributed by atoms with E-state index in [9.17, 15) is 14.9 Å². The van der Waals surface area contributed by atoms with Gasteiger partial charge in [0.2, 0.25) is 0 Å². The number of carbonyl (C=O) groups is 2. The van der Waals surface area contributed by atoms with E-state index >= 15 is 0 Å². The van der Waals surface area contributed by atoms with Crippen LogP contribution in [0.25, 0.3) is 0 Å². The monoisotopic (exact) mass is 453 g/mol. The number of anilines is 1. The van der Waals surface area contributed by atoms with E-state index in [-0.39, 0.29) is 17.6 Å². The van der Waals surface area contributed by atoms with Gasteiger partial charge in [-0.05, 0) is 43.8 Å². The fourth-order valence-corrected chi connectivity index (χ4v) is 5.04. The minimum Gasteiger partial charge on any atom is -0.465 e. The lowest BCUT2D eigenvalue weighted by atomic mass is 9.86. The highest BCUT2D eigenvalue weighted by atomic mass is 32.2. The van der Waals surface area contributed by atoms with Crippen molar-refractivity contribution in [2.45, 2.75) is 26.7 Å². The zero-order chi connectivity index (χ0) is 22.4. The number of carbonyl (C=O) groups excluding carboxylic acids is 2. The first kappa shape index (κ1) is 22.7. The SMILES string of the molecule is CCOC(=O)CSC1=C(C#N)C(c2cccs2)C(C(=O)Nc2ccccc2C)=C(C)N1. The van der Waals surface area contributed by atoms with Gasteiger partial charge in [-0.2, -0.15) is 5.26 Å². The number of esters is 1. The lowest BCUT2D eigenvalue weighted by molar-refractivity contribution is -0.139. The van der Waals surface area contributed by atoms with Gasteiger partial charge in [-0.3, -0.25) is 9.59 Å². The van der Waals surface area contributed by atoms with Crippen LogP contribution < -0.4 is 10.6 Å². The van der Waals surface area contributed by atoms with Gasteiger partial charge < -0.3 is 15.4 Å². The Bertz CT molecular complexity index is 1080. The summed E-state index contributed by atoms with van der Waals surface area (Å²) in [4.78, 5) is 26.1. The van der Waals surface area contributed by atoms with Crippen LogP contribution in [0.3, 0.4) is 0 Å². The van der Waals surface area contributed by atoms with Gasteiger partial charge in [0.1, 0.15) is 0 Å². The largest absolute Gasteiger partial charge is 0.465 e.